The number of aromatic nitrogens is 1. The molecule has 24 heavy (non-hydrogen) atoms. The van der Waals surface area contributed by atoms with Crippen LogP contribution in [0.3, 0.4) is 0 Å². The van der Waals surface area contributed by atoms with Gasteiger partial charge in [0, 0.05) is 18.3 Å². The molecule has 2 rings (SSSR count). The van der Waals surface area contributed by atoms with Crippen molar-refractivity contribution in [3.63, 3.8) is 0 Å². The number of carbonyl (C=O) groups excluding carboxylic acids is 2. The number of nitrogens with one attached hydrogen (secondary N) is 2. The van der Waals surface area contributed by atoms with Gasteiger partial charge in [-0.2, -0.15) is 0 Å². The monoisotopic (exact) mass is 330 g/mol. The minimum Gasteiger partial charge on any atom is -0.495 e. The standard InChI is InChI=1S/C15H14N4O5/c1-9-4-3-7-16-13(9)18-15(21)14(20)17-11-8-10(19(22)23)5-6-12(11)24-2/h3-8H,1-2H3,(H,17,20)(H,16,18,21). The van der Waals surface area contributed by atoms with Crippen LogP contribution in [0.15, 0.2) is 36.5 Å². The van der Waals surface area contributed by atoms with Crippen molar-refractivity contribution < 1.29 is 19.2 Å². The Labute approximate surface area is 136 Å². The van der Waals surface area contributed by atoms with Crippen LogP contribution in [0.4, 0.5) is 17.2 Å². The van der Waals surface area contributed by atoms with Gasteiger partial charge in [0.15, 0.2) is 0 Å². The lowest BCUT2D eigenvalue weighted by atomic mass is 10.2. The van der Waals surface area contributed by atoms with Gasteiger partial charge in [-0.1, -0.05) is 6.07 Å². The van der Waals surface area contributed by atoms with E-state index in [4.69, 9.17) is 4.74 Å². The Hall–Kier alpha value is -3.49. The Morgan fingerprint density at radius 1 is 1.21 bits per heavy atom. The van der Waals surface area contributed by atoms with E-state index in [-0.39, 0.29) is 22.9 Å². The summed E-state index contributed by atoms with van der Waals surface area (Å²) in [7, 11) is 1.34. The van der Waals surface area contributed by atoms with Crippen molar-refractivity contribution >= 4 is 29.0 Å². The third-order valence-corrected chi connectivity index (χ3v) is 3.09. The highest BCUT2D eigenvalue weighted by Gasteiger charge is 2.19. The van der Waals surface area contributed by atoms with E-state index in [1.807, 2.05) is 0 Å². The third-order valence-electron chi connectivity index (χ3n) is 3.09. The molecule has 0 aliphatic carbocycles. The van der Waals surface area contributed by atoms with Gasteiger partial charge in [-0.25, -0.2) is 4.98 Å². The molecule has 0 unspecified atom stereocenters. The molecule has 1 aromatic heterocycles. The van der Waals surface area contributed by atoms with Crippen molar-refractivity contribution in [1.29, 1.82) is 0 Å². The van der Waals surface area contributed by atoms with Gasteiger partial charge >= 0.3 is 11.8 Å². The van der Waals surface area contributed by atoms with Crippen molar-refractivity contribution in [2.24, 2.45) is 0 Å². The second-order valence-corrected chi connectivity index (χ2v) is 4.72. The summed E-state index contributed by atoms with van der Waals surface area (Å²) in [6.45, 7) is 1.73. The van der Waals surface area contributed by atoms with Gasteiger partial charge in [0.05, 0.1) is 17.7 Å². The van der Waals surface area contributed by atoms with Crippen LogP contribution in [0.1, 0.15) is 5.56 Å². The molecule has 2 amide bonds. The maximum absolute atomic E-state index is 12.0. The van der Waals surface area contributed by atoms with Crippen LogP contribution in [0.5, 0.6) is 5.75 Å². The molecule has 0 saturated heterocycles. The minimum absolute atomic E-state index is 0.0181. The van der Waals surface area contributed by atoms with E-state index >= 15 is 0 Å². The quantitative estimate of drug-likeness (QED) is 0.501. The van der Waals surface area contributed by atoms with E-state index in [9.17, 15) is 19.7 Å². The number of pyridine rings is 1. The van der Waals surface area contributed by atoms with E-state index in [0.717, 1.165) is 6.07 Å². The predicted octanol–water partition coefficient (Wildman–Crippen LogP) is 1.88. The van der Waals surface area contributed by atoms with Gasteiger partial charge in [-0.3, -0.25) is 19.7 Å². The molecule has 0 radical (unpaired) electrons. The zero-order valence-electron chi connectivity index (χ0n) is 12.9. The number of anilines is 2. The number of aryl methyl sites for hydroxylation is 1. The third kappa shape index (κ3) is 3.83. The molecule has 0 spiro atoms. The molecule has 0 aliphatic rings. The van der Waals surface area contributed by atoms with E-state index in [0.29, 0.717) is 5.56 Å². The smallest absolute Gasteiger partial charge is 0.315 e. The fraction of sp³-hybridized carbons (Fsp3) is 0.133. The number of amides is 2. The highest BCUT2D eigenvalue weighted by Crippen LogP contribution is 2.28. The molecule has 0 aliphatic heterocycles. The first kappa shape index (κ1) is 16.9. The number of methoxy groups -OCH3 is 1. The predicted molar refractivity (Wildman–Crippen MR) is 85.9 cm³/mol. The first-order valence-corrected chi connectivity index (χ1v) is 6.78. The lowest BCUT2D eigenvalue weighted by Gasteiger charge is -2.10. The number of nitrogens with zero attached hydrogens (tertiary/aromatic N) is 2. The van der Waals surface area contributed by atoms with Gasteiger partial charge in [0.25, 0.3) is 5.69 Å². The van der Waals surface area contributed by atoms with Crippen LogP contribution in [0, 0.1) is 17.0 Å². The van der Waals surface area contributed by atoms with Gasteiger partial charge in [0.2, 0.25) is 0 Å². The molecule has 9 heteroatoms. The first-order valence-electron chi connectivity index (χ1n) is 6.78. The average molecular weight is 330 g/mol. The maximum atomic E-state index is 12.0. The van der Waals surface area contributed by atoms with Crippen LogP contribution >= 0.6 is 0 Å². The largest absolute Gasteiger partial charge is 0.495 e. The number of benzene rings is 1. The molecule has 124 valence electrons. The summed E-state index contributed by atoms with van der Waals surface area (Å²) in [5, 5.41) is 15.5. The highest BCUT2D eigenvalue weighted by molar-refractivity contribution is 6.43. The summed E-state index contributed by atoms with van der Waals surface area (Å²) >= 11 is 0. The number of nitro benzene ring substituents is 1. The fourth-order valence-electron chi connectivity index (χ4n) is 1.87. The molecule has 1 aromatic carbocycles. The number of carbonyl (C=O) groups is 2. The Morgan fingerprint density at radius 3 is 2.54 bits per heavy atom. The number of nitro groups is 1. The molecule has 1 heterocycles. The molecular formula is C15H14N4O5. The molecule has 0 atom stereocenters. The van der Waals surface area contributed by atoms with Gasteiger partial charge < -0.3 is 15.4 Å². The van der Waals surface area contributed by atoms with Crippen LogP contribution in [-0.4, -0.2) is 28.8 Å². The molecule has 9 nitrogen and oxygen atoms in total. The number of hydrogen-bond donors (Lipinski definition) is 2. The summed E-state index contributed by atoms with van der Waals surface area (Å²) in [4.78, 5) is 38.1. The summed E-state index contributed by atoms with van der Waals surface area (Å²) in [5.74, 6) is -1.51. The lowest BCUT2D eigenvalue weighted by Crippen LogP contribution is -2.29. The van der Waals surface area contributed by atoms with E-state index in [2.05, 4.69) is 15.6 Å². The number of ether oxygens (including phenoxy) is 1. The van der Waals surface area contributed by atoms with Crippen LogP contribution in [0.25, 0.3) is 0 Å². The Bertz CT molecular complexity index is 806. The van der Waals surface area contributed by atoms with Gasteiger partial charge in [0.1, 0.15) is 11.6 Å². The first-order chi connectivity index (χ1) is 11.4. The van der Waals surface area contributed by atoms with E-state index in [1.54, 1.807) is 19.1 Å². The molecule has 2 aromatic rings. The number of rotatable bonds is 4. The topological polar surface area (TPSA) is 123 Å². The SMILES string of the molecule is COc1ccc([N+](=O)[O-])cc1NC(=O)C(=O)Nc1ncccc1C. The molecule has 2 N–H and O–H groups in total. The summed E-state index contributed by atoms with van der Waals surface area (Å²) < 4.78 is 5.02. The Morgan fingerprint density at radius 2 is 1.92 bits per heavy atom. The summed E-state index contributed by atoms with van der Waals surface area (Å²) in [6, 6.07) is 7.08. The molecule has 0 saturated carbocycles. The molecule has 0 fully saturated rings. The van der Waals surface area contributed by atoms with Crippen molar-refractivity contribution in [1.82, 2.24) is 4.98 Å². The Balaban J connectivity index is 2.16. The van der Waals surface area contributed by atoms with Crippen LogP contribution in [-0.2, 0) is 9.59 Å². The van der Waals surface area contributed by atoms with E-state index < -0.39 is 16.7 Å². The average Bonchev–Trinajstić information content (AvgIpc) is 2.56. The number of hydrogen-bond acceptors (Lipinski definition) is 6. The van der Waals surface area contributed by atoms with Gasteiger partial charge in [-0.15, -0.1) is 0 Å². The van der Waals surface area contributed by atoms with Crippen LogP contribution in [0.2, 0.25) is 0 Å². The van der Waals surface area contributed by atoms with Crippen molar-refractivity contribution in [2.75, 3.05) is 17.7 Å². The van der Waals surface area contributed by atoms with Gasteiger partial charge in [-0.05, 0) is 24.6 Å². The molecule has 0 bridgehead atoms. The maximum Gasteiger partial charge on any atom is 0.315 e. The fourth-order valence-corrected chi connectivity index (χ4v) is 1.87. The normalized spacial score (nSPS) is 9.92. The molecular weight excluding hydrogens is 316 g/mol. The zero-order valence-corrected chi connectivity index (χ0v) is 12.9. The number of non-ortho nitro benzene ring substituents is 1. The zero-order chi connectivity index (χ0) is 17.7. The highest BCUT2D eigenvalue weighted by atomic mass is 16.6. The van der Waals surface area contributed by atoms with E-state index in [1.165, 1.54) is 25.4 Å². The minimum atomic E-state index is -1.00. The lowest BCUT2D eigenvalue weighted by molar-refractivity contribution is -0.384. The Kier molecular flexibility index (Phi) is 5.05. The van der Waals surface area contributed by atoms with Crippen molar-refractivity contribution in [3.8, 4) is 5.75 Å². The van der Waals surface area contributed by atoms with Crippen molar-refractivity contribution in [3.05, 3.63) is 52.2 Å². The second kappa shape index (κ2) is 7.18. The summed E-state index contributed by atoms with van der Waals surface area (Å²) in [5.41, 5.74) is 0.461. The van der Waals surface area contributed by atoms with Crippen molar-refractivity contribution in [2.45, 2.75) is 6.92 Å². The second-order valence-electron chi connectivity index (χ2n) is 4.72. The van der Waals surface area contributed by atoms with Crippen LogP contribution < -0.4 is 15.4 Å². The summed E-state index contributed by atoms with van der Waals surface area (Å²) in [6.07, 6.45) is 1.48.